The standard InChI is InChI=1S/C11H18N4O/c1-15(4-5-16-8-9-2-3-9)11-13-6-10(12)7-14-11/h6-7,9H,2-5,8,12H2,1H3. The van der Waals surface area contributed by atoms with Crippen molar-refractivity contribution in [2.24, 2.45) is 5.92 Å². The number of hydrogen-bond acceptors (Lipinski definition) is 5. The Kier molecular flexibility index (Phi) is 3.56. The Morgan fingerprint density at radius 3 is 2.75 bits per heavy atom. The summed E-state index contributed by atoms with van der Waals surface area (Å²) in [6.07, 6.45) is 5.89. The van der Waals surface area contributed by atoms with Crippen LogP contribution in [0, 0.1) is 5.92 Å². The lowest BCUT2D eigenvalue weighted by Gasteiger charge is -2.16. The monoisotopic (exact) mass is 222 g/mol. The zero-order valence-electron chi connectivity index (χ0n) is 9.59. The average Bonchev–Trinajstić information content (AvgIpc) is 3.09. The summed E-state index contributed by atoms with van der Waals surface area (Å²) >= 11 is 0. The summed E-state index contributed by atoms with van der Waals surface area (Å²) in [6, 6.07) is 0. The van der Waals surface area contributed by atoms with Crippen molar-refractivity contribution in [2.45, 2.75) is 12.8 Å². The molecule has 16 heavy (non-hydrogen) atoms. The zero-order valence-corrected chi connectivity index (χ0v) is 9.59. The van der Waals surface area contributed by atoms with Crippen molar-refractivity contribution in [3.05, 3.63) is 12.4 Å². The Hall–Kier alpha value is -1.36. The molecule has 5 heteroatoms. The highest BCUT2D eigenvalue weighted by atomic mass is 16.5. The van der Waals surface area contributed by atoms with E-state index >= 15 is 0 Å². The first kappa shape index (κ1) is 11.1. The fourth-order valence-electron chi connectivity index (χ4n) is 1.36. The van der Waals surface area contributed by atoms with Crippen LogP contribution in [-0.2, 0) is 4.74 Å². The van der Waals surface area contributed by atoms with Crippen molar-refractivity contribution < 1.29 is 4.74 Å². The van der Waals surface area contributed by atoms with E-state index in [4.69, 9.17) is 10.5 Å². The summed E-state index contributed by atoms with van der Waals surface area (Å²) in [6.45, 7) is 2.42. The molecule has 1 fully saturated rings. The predicted molar refractivity (Wildman–Crippen MR) is 63.3 cm³/mol. The minimum absolute atomic E-state index is 0.585. The van der Waals surface area contributed by atoms with Gasteiger partial charge < -0.3 is 15.4 Å². The minimum Gasteiger partial charge on any atom is -0.396 e. The first-order valence-electron chi connectivity index (χ1n) is 5.62. The second-order valence-corrected chi connectivity index (χ2v) is 4.26. The lowest BCUT2D eigenvalue weighted by molar-refractivity contribution is 0.130. The molecule has 0 atom stereocenters. The molecule has 88 valence electrons. The van der Waals surface area contributed by atoms with Gasteiger partial charge >= 0.3 is 0 Å². The maximum absolute atomic E-state index is 5.55. The van der Waals surface area contributed by atoms with Crippen LogP contribution in [0.15, 0.2) is 12.4 Å². The summed E-state index contributed by atoms with van der Waals surface area (Å²) in [5.74, 6) is 1.50. The van der Waals surface area contributed by atoms with E-state index in [9.17, 15) is 0 Å². The van der Waals surface area contributed by atoms with Gasteiger partial charge in [0.15, 0.2) is 0 Å². The molecule has 0 saturated heterocycles. The molecule has 0 amide bonds. The third-order valence-electron chi connectivity index (χ3n) is 2.62. The molecule has 1 heterocycles. The fraction of sp³-hybridized carbons (Fsp3) is 0.636. The van der Waals surface area contributed by atoms with Crippen molar-refractivity contribution in [3.63, 3.8) is 0 Å². The number of nitrogens with two attached hydrogens (primary N) is 1. The average molecular weight is 222 g/mol. The Morgan fingerprint density at radius 2 is 2.12 bits per heavy atom. The van der Waals surface area contributed by atoms with Gasteiger partial charge in [0, 0.05) is 20.2 Å². The van der Waals surface area contributed by atoms with E-state index in [1.54, 1.807) is 12.4 Å². The van der Waals surface area contributed by atoms with E-state index in [0.717, 1.165) is 25.7 Å². The Labute approximate surface area is 95.6 Å². The van der Waals surface area contributed by atoms with Crippen molar-refractivity contribution in [2.75, 3.05) is 37.4 Å². The second-order valence-electron chi connectivity index (χ2n) is 4.26. The maximum Gasteiger partial charge on any atom is 0.225 e. The lowest BCUT2D eigenvalue weighted by Crippen LogP contribution is -2.24. The molecule has 0 spiro atoms. The van der Waals surface area contributed by atoms with Crippen LogP contribution in [-0.4, -0.2) is 36.8 Å². The van der Waals surface area contributed by atoms with Gasteiger partial charge in [-0.25, -0.2) is 9.97 Å². The van der Waals surface area contributed by atoms with Crippen LogP contribution in [0.5, 0.6) is 0 Å². The van der Waals surface area contributed by atoms with Crippen molar-refractivity contribution >= 4 is 11.6 Å². The molecule has 1 aliphatic rings. The molecule has 0 aliphatic heterocycles. The van der Waals surface area contributed by atoms with Gasteiger partial charge in [-0.2, -0.15) is 0 Å². The first-order chi connectivity index (χ1) is 7.75. The predicted octanol–water partition coefficient (Wildman–Crippen LogP) is 0.922. The molecule has 1 aromatic heterocycles. The number of nitrogens with zero attached hydrogens (tertiary/aromatic N) is 3. The van der Waals surface area contributed by atoms with Crippen molar-refractivity contribution in [1.82, 2.24) is 9.97 Å². The second kappa shape index (κ2) is 5.12. The number of anilines is 2. The highest BCUT2D eigenvalue weighted by Gasteiger charge is 2.20. The molecule has 5 nitrogen and oxygen atoms in total. The summed E-state index contributed by atoms with van der Waals surface area (Å²) in [7, 11) is 1.95. The van der Waals surface area contributed by atoms with E-state index in [1.807, 2.05) is 11.9 Å². The molecule has 2 rings (SSSR count). The Balaban J connectivity index is 1.69. The molecule has 1 aliphatic carbocycles. The molecule has 2 N–H and O–H groups in total. The van der Waals surface area contributed by atoms with Gasteiger partial charge in [-0.05, 0) is 18.8 Å². The Bertz CT molecular complexity index is 323. The molecule has 1 saturated carbocycles. The maximum atomic E-state index is 5.55. The van der Waals surface area contributed by atoms with Crippen LogP contribution in [0.3, 0.4) is 0 Å². The lowest BCUT2D eigenvalue weighted by atomic mass is 10.5. The first-order valence-corrected chi connectivity index (χ1v) is 5.62. The number of rotatable bonds is 6. The highest BCUT2D eigenvalue weighted by Crippen LogP contribution is 2.28. The molecule has 0 unspecified atom stereocenters. The highest BCUT2D eigenvalue weighted by molar-refractivity contribution is 5.37. The molecule has 0 bridgehead atoms. The summed E-state index contributed by atoms with van der Waals surface area (Å²) in [4.78, 5) is 10.2. The largest absolute Gasteiger partial charge is 0.396 e. The van der Waals surface area contributed by atoms with E-state index in [-0.39, 0.29) is 0 Å². The molecule has 0 radical (unpaired) electrons. The molecular formula is C11H18N4O. The third-order valence-corrected chi connectivity index (χ3v) is 2.62. The van der Waals surface area contributed by atoms with Crippen LogP contribution in [0.4, 0.5) is 11.6 Å². The van der Waals surface area contributed by atoms with E-state index < -0.39 is 0 Å². The summed E-state index contributed by atoms with van der Waals surface area (Å²) in [5, 5.41) is 0. The van der Waals surface area contributed by atoms with Gasteiger partial charge in [-0.15, -0.1) is 0 Å². The zero-order chi connectivity index (χ0) is 11.4. The van der Waals surface area contributed by atoms with Crippen LogP contribution >= 0.6 is 0 Å². The Morgan fingerprint density at radius 1 is 1.44 bits per heavy atom. The third kappa shape index (κ3) is 3.34. The normalized spacial score (nSPS) is 15.1. The van der Waals surface area contributed by atoms with Crippen LogP contribution in [0.25, 0.3) is 0 Å². The van der Waals surface area contributed by atoms with Gasteiger partial charge in [-0.3, -0.25) is 0 Å². The van der Waals surface area contributed by atoms with Gasteiger partial charge in [0.2, 0.25) is 5.95 Å². The van der Waals surface area contributed by atoms with Crippen LogP contribution in [0.1, 0.15) is 12.8 Å². The van der Waals surface area contributed by atoms with E-state index in [0.29, 0.717) is 11.6 Å². The van der Waals surface area contributed by atoms with Crippen molar-refractivity contribution in [1.29, 1.82) is 0 Å². The van der Waals surface area contributed by atoms with E-state index in [2.05, 4.69) is 9.97 Å². The minimum atomic E-state index is 0.585. The van der Waals surface area contributed by atoms with E-state index in [1.165, 1.54) is 12.8 Å². The SMILES string of the molecule is CN(CCOCC1CC1)c1ncc(N)cn1. The van der Waals surface area contributed by atoms with Crippen LogP contribution < -0.4 is 10.6 Å². The van der Waals surface area contributed by atoms with Crippen LogP contribution in [0.2, 0.25) is 0 Å². The van der Waals surface area contributed by atoms with Gasteiger partial charge in [0.05, 0.1) is 24.7 Å². The van der Waals surface area contributed by atoms with Gasteiger partial charge in [0.25, 0.3) is 0 Å². The number of hydrogen-bond donors (Lipinski definition) is 1. The summed E-state index contributed by atoms with van der Waals surface area (Å²) < 4.78 is 5.55. The number of nitrogen functional groups attached to an aromatic ring is 1. The summed E-state index contributed by atoms with van der Waals surface area (Å²) in [5.41, 5.74) is 6.11. The topological polar surface area (TPSA) is 64.3 Å². The van der Waals surface area contributed by atoms with Gasteiger partial charge in [0.1, 0.15) is 0 Å². The molecule has 1 aromatic rings. The number of likely N-dealkylation sites (N-methyl/N-ethyl adjacent to an activating group) is 1. The quantitative estimate of drug-likeness (QED) is 0.725. The number of ether oxygens (including phenoxy) is 1. The van der Waals surface area contributed by atoms with Crippen molar-refractivity contribution in [3.8, 4) is 0 Å². The number of aromatic nitrogens is 2. The molecule has 0 aromatic carbocycles. The molecular weight excluding hydrogens is 204 g/mol. The smallest absolute Gasteiger partial charge is 0.225 e. The fourth-order valence-corrected chi connectivity index (χ4v) is 1.36. The van der Waals surface area contributed by atoms with Gasteiger partial charge in [-0.1, -0.05) is 0 Å².